The van der Waals surface area contributed by atoms with Gasteiger partial charge in [-0.2, -0.15) is 4.31 Å². The summed E-state index contributed by atoms with van der Waals surface area (Å²) in [6, 6.07) is 16.5. The summed E-state index contributed by atoms with van der Waals surface area (Å²) in [5.74, 6) is 0.582. The molecule has 0 atom stereocenters. The van der Waals surface area contributed by atoms with Crippen molar-refractivity contribution in [1.29, 1.82) is 0 Å². The zero-order chi connectivity index (χ0) is 22.6. The number of thioether (sulfide) groups is 1. The molecule has 32 heavy (non-hydrogen) atoms. The van der Waals surface area contributed by atoms with Gasteiger partial charge in [0.05, 0.1) is 4.90 Å². The summed E-state index contributed by atoms with van der Waals surface area (Å²) >= 11 is 1.57. The third-order valence-electron chi connectivity index (χ3n) is 5.69. The van der Waals surface area contributed by atoms with E-state index in [0.29, 0.717) is 50.0 Å². The number of aliphatic imine (C=N–C) groups is 1. The molecule has 2 aliphatic heterocycles. The van der Waals surface area contributed by atoms with Crippen molar-refractivity contribution in [3.63, 3.8) is 0 Å². The van der Waals surface area contributed by atoms with Gasteiger partial charge < -0.3 is 4.90 Å². The number of piperazine rings is 1. The monoisotopic (exact) mass is 472 g/mol. The summed E-state index contributed by atoms with van der Waals surface area (Å²) < 4.78 is 27.7. The Hall–Kier alpha value is -2.20. The van der Waals surface area contributed by atoms with Gasteiger partial charge in [-0.1, -0.05) is 48.2 Å². The van der Waals surface area contributed by atoms with Gasteiger partial charge in [0.2, 0.25) is 10.0 Å². The molecule has 0 radical (unpaired) electrons. The van der Waals surface area contributed by atoms with Crippen LogP contribution in [0.1, 0.15) is 15.9 Å². The topological polar surface area (TPSA) is 73.3 Å². The summed E-state index contributed by atoms with van der Waals surface area (Å²) in [5, 5.41) is 0.707. The summed E-state index contributed by atoms with van der Waals surface area (Å²) in [7, 11) is -1.64. The molecule has 2 fully saturated rings. The van der Waals surface area contributed by atoms with Gasteiger partial charge in [-0.15, -0.1) is 0 Å². The number of carbonyl (C=O) groups excluding carboxylic acids is 1. The van der Waals surface area contributed by atoms with Gasteiger partial charge in [0.1, 0.15) is 0 Å². The van der Waals surface area contributed by atoms with Gasteiger partial charge >= 0.3 is 0 Å². The van der Waals surface area contributed by atoms with Crippen molar-refractivity contribution >= 4 is 32.9 Å². The van der Waals surface area contributed by atoms with Gasteiger partial charge in [-0.05, 0) is 37.2 Å². The first-order valence-electron chi connectivity index (χ1n) is 10.8. The van der Waals surface area contributed by atoms with E-state index in [0.717, 1.165) is 12.2 Å². The number of benzene rings is 2. The number of amides is 1. The Morgan fingerprint density at radius 1 is 1.00 bits per heavy atom. The molecule has 170 valence electrons. The van der Waals surface area contributed by atoms with E-state index >= 15 is 0 Å². The van der Waals surface area contributed by atoms with E-state index in [2.05, 4.69) is 22.0 Å². The summed E-state index contributed by atoms with van der Waals surface area (Å²) in [4.78, 5) is 21.8. The third kappa shape index (κ3) is 5.23. The first-order valence-corrected chi connectivity index (χ1v) is 13.2. The van der Waals surface area contributed by atoms with E-state index in [1.54, 1.807) is 34.9 Å². The van der Waals surface area contributed by atoms with Crippen LogP contribution in [0, 0.1) is 0 Å². The number of sulfonamides is 1. The highest BCUT2D eigenvalue weighted by Gasteiger charge is 2.30. The molecule has 0 aliphatic carbocycles. The second kappa shape index (κ2) is 10.2. The zero-order valence-corrected chi connectivity index (χ0v) is 19.8. The maximum absolute atomic E-state index is 13.2. The molecule has 0 saturated carbocycles. The fourth-order valence-corrected chi connectivity index (χ4v) is 6.21. The van der Waals surface area contributed by atoms with Gasteiger partial charge in [0, 0.05) is 50.6 Å². The van der Waals surface area contributed by atoms with Crippen LogP contribution in [-0.2, 0) is 16.4 Å². The standard InChI is InChI=1S/C23H28N4O3S2/c1-25-12-14-26(15-13-25)32(29,30)21-9-5-8-20(18-21)22(28)27-16-17-31-23(27)24-11-10-19-6-3-2-4-7-19/h2-9,18H,10-17H2,1H3. The van der Waals surface area contributed by atoms with Crippen LogP contribution in [0.25, 0.3) is 0 Å². The fourth-order valence-electron chi connectivity index (χ4n) is 3.77. The van der Waals surface area contributed by atoms with E-state index in [-0.39, 0.29) is 10.8 Å². The van der Waals surface area contributed by atoms with Gasteiger partial charge in [0.25, 0.3) is 5.91 Å². The number of nitrogens with zero attached hydrogens (tertiary/aromatic N) is 4. The van der Waals surface area contributed by atoms with Crippen LogP contribution in [-0.4, -0.2) is 85.7 Å². The molecular formula is C23H28N4O3S2. The summed E-state index contributed by atoms with van der Waals surface area (Å²) in [6.07, 6.45) is 0.811. The maximum Gasteiger partial charge on any atom is 0.259 e. The SMILES string of the molecule is CN1CCN(S(=O)(=O)c2cccc(C(=O)N3CCSC3=NCCc3ccccc3)c2)CC1. The summed E-state index contributed by atoms with van der Waals surface area (Å²) in [6.45, 7) is 3.49. The highest BCUT2D eigenvalue weighted by molar-refractivity contribution is 8.14. The van der Waals surface area contributed by atoms with E-state index in [9.17, 15) is 13.2 Å². The fraction of sp³-hybridized carbons (Fsp3) is 0.391. The van der Waals surface area contributed by atoms with Crippen molar-refractivity contribution < 1.29 is 13.2 Å². The van der Waals surface area contributed by atoms with Crippen LogP contribution in [0.5, 0.6) is 0 Å². The molecule has 0 unspecified atom stereocenters. The Balaban J connectivity index is 1.47. The molecule has 2 aliphatic rings. The van der Waals surface area contributed by atoms with Gasteiger partial charge in [0.15, 0.2) is 5.17 Å². The molecule has 7 nitrogen and oxygen atoms in total. The van der Waals surface area contributed by atoms with E-state index in [4.69, 9.17) is 0 Å². The summed E-state index contributed by atoms with van der Waals surface area (Å²) in [5.41, 5.74) is 1.58. The number of hydrogen-bond acceptors (Lipinski definition) is 6. The molecule has 2 aromatic carbocycles. The van der Waals surface area contributed by atoms with Crippen molar-refractivity contribution in [2.75, 3.05) is 52.1 Å². The minimum absolute atomic E-state index is 0.169. The van der Waals surface area contributed by atoms with Crippen LogP contribution in [0.4, 0.5) is 0 Å². The molecule has 2 saturated heterocycles. The van der Waals surface area contributed by atoms with Crippen LogP contribution in [0.15, 0.2) is 64.5 Å². The normalized spacial score (nSPS) is 19.5. The molecule has 0 N–H and O–H groups in total. The first kappa shape index (κ1) is 23.0. The highest BCUT2D eigenvalue weighted by Crippen LogP contribution is 2.23. The van der Waals surface area contributed by atoms with E-state index in [1.807, 2.05) is 25.2 Å². The average Bonchev–Trinajstić information content (AvgIpc) is 3.28. The minimum Gasteiger partial charge on any atom is -0.304 e. The molecule has 9 heteroatoms. The zero-order valence-electron chi connectivity index (χ0n) is 18.2. The lowest BCUT2D eigenvalue weighted by Crippen LogP contribution is -2.47. The van der Waals surface area contributed by atoms with Crippen LogP contribution in [0.3, 0.4) is 0 Å². The molecule has 1 amide bonds. The molecule has 0 spiro atoms. The Labute approximate surface area is 194 Å². The molecule has 2 aromatic rings. The molecular weight excluding hydrogens is 444 g/mol. The quantitative estimate of drug-likeness (QED) is 0.646. The third-order valence-corrected chi connectivity index (χ3v) is 8.58. The lowest BCUT2D eigenvalue weighted by atomic mass is 10.2. The second-order valence-corrected chi connectivity index (χ2v) is 10.9. The lowest BCUT2D eigenvalue weighted by Gasteiger charge is -2.31. The van der Waals surface area contributed by atoms with Gasteiger partial charge in [-0.25, -0.2) is 8.42 Å². The number of carbonyl (C=O) groups is 1. The second-order valence-electron chi connectivity index (χ2n) is 7.94. The van der Waals surface area contributed by atoms with Crippen molar-refractivity contribution in [3.8, 4) is 0 Å². The highest BCUT2D eigenvalue weighted by atomic mass is 32.2. The predicted molar refractivity (Wildman–Crippen MR) is 129 cm³/mol. The largest absolute Gasteiger partial charge is 0.304 e. The van der Waals surface area contributed by atoms with E-state index < -0.39 is 10.0 Å². The average molecular weight is 473 g/mol. The Kier molecular flexibility index (Phi) is 7.30. The Bertz CT molecular complexity index is 1080. The van der Waals surface area contributed by atoms with Crippen LogP contribution >= 0.6 is 11.8 Å². The van der Waals surface area contributed by atoms with Crippen LogP contribution in [0.2, 0.25) is 0 Å². The molecule has 0 aromatic heterocycles. The van der Waals surface area contributed by atoms with Crippen molar-refractivity contribution in [2.24, 2.45) is 4.99 Å². The number of likely N-dealkylation sites (N-methyl/N-ethyl adjacent to an activating group) is 1. The van der Waals surface area contributed by atoms with Crippen molar-refractivity contribution in [3.05, 3.63) is 65.7 Å². The molecule has 0 bridgehead atoms. The molecule has 2 heterocycles. The Morgan fingerprint density at radius 3 is 2.50 bits per heavy atom. The molecule has 4 rings (SSSR count). The number of rotatable bonds is 6. The predicted octanol–water partition coefficient (Wildman–Crippen LogP) is 2.41. The number of hydrogen-bond donors (Lipinski definition) is 0. The van der Waals surface area contributed by atoms with Crippen molar-refractivity contribution in [1.82, 2.24) is 14.1 Å². The lowest BCUT2D eigenvalue weighted by molar-refractivity contribution is 0.0859. The van der Waals surface area contributed by atoms with E-state index in [1.165, 1.54) is 15.9 Å². The van der Waals surface area contributed by atoms with Gasteiger partial charge in [-0.3, -0.25) is 14.7 Å². The Morgan fingerprint density at radius 2 is 1.75 bits per heavy atom. The van der Waals surface area contributed by atoms with Crippen molar-refractivity contribution in [2.45, 2.75) is 11.3 Å². The van der Waals surface area contributed by atoms with Crippen LogP contribution < -0.4 is 0 Å². The maximum atomic E-state index is 13.2. The first-order chi connectivity index (χ1) is 15.4. The minimum atomic E-state index is -3.62. The number of amidine groups is 1. The smallest absolute Gasteiger partial charge is 0.259 e.